The van der Waals surface area contributed by atoms with Crippen molar-refractivity contribution < 1.29 is 4.92 Å². The fourth-order valence-electron chi connectivity index (χ4n) is 1.96. The molecule has 2 rings (SSSR count). The summed E-state index contributed by atoms with van der Waals surface area (Å²) in [6, 6.07) is 16.1. The molecule has 4 nitrogen and oxygen atoms in total. The molecule has 0 saturated carbocycles. The van der Waals surface area contributed by atoms with E-state index in [4.69, 9.17) is 0 Å². The summed E-state index contributed by atoms with van der Waals surface area (Å²) in [7, 11) is 0. The normalized spacial score (nSPS) is 13.2. The second-order valence-corrected chi connectivity index (χ2v) is 6.33. The minimum Gasteiger partial charge on any atom is -0.258 e. The second kappa shape index (κ2) is 6.83. The molecule has 0 fully saturated rings. The van der Waals surface area contributed by atoms with E-state index in [-0.39, 0.29) is 15.3 Å². The van der Waals surface area contributed by atoms with E-state index in [0.29, 0.717) is 11.1 Å². The molecule has 2 atom stereocenters. The third kappa shape index (κ3) is 3.49. The highest BCUT2D eigenvalue weighted by atomic mass is 79.9. The third-order valence-corrected chi connectivity index (χ3v) is 5.83. The Balaban J connectivity index is 2.37. The predicted octanol–water partition coefficient (Wildman–Crippen LogP) is 5.04. The van der Waals surface area contributed by atoms with Gasteiger partial charge in [0.1, 0.15) is 0 Å². The van der Waals surface area contributed by atoms with Crippen molar-refractivity contribution in [1.82, 2.24) is 0 Å². The number of hydrogen-bond acceptors (Lipinski definition) is 3. The molecule has 0 radical (unpaired) electrons. The standard InChI is InChI=1S/C15H10Br2N2O2/c16-14(10-4-2-1-3-5-10)15(17)13-7-6-12(19(20)21)8-11(13)9-18/h1-8,14-15H. The van der Waals surface area contributed by atoms with Crippen LogP contribution in [-0.2, 0) is 0 Å². The van der Waals surface area contributed by atoms with Crippen molar-refractivity contribution in [2.75, 3.05) is 0 Å². The summed E-state index contributed by atoms with van der Waals surface area (Å²) in [5, 5.41) is 20.0. The summed E-state index contributed by atoms with van der Waals surface area (Å²) >= 11 is 7.18. The van der Waals surface area contributed by atoms with E-state index in [1.807, 2.05) is 36.4 Å². The van der Waals surface area contributed by atoms with Crippen LogP contribution in [0.1, 0.15) is 26.3 Å². The number of nitrogens with zero attached hydrogens (tertiary/aromatic N) is 2. The average molecular weight is 410 g/mol. The van der Waals surface area contributed by atoms with Gasteiger partial charge in [-0.25, -0.2) is 0 Å². The number of nitro benzene ring substituents is 1. The van der Waals surface area contributed by atoms with Gasteiger partial charge in [-0.3, -0.25) is 10.1 Å². The molecular weight excluding hydrogens is 400 g/mol. The smallest absolute Gasteiger partial charge is 0.258 e. The monoisotopic (exact) mass is 408 g/mol. The number of alkyl halides is 2. The van der Waals surface area contributed by atoms with Gasteiger partial charge in [-0.15, -0.1) is 0 Å². The lowest BCUT2D eigenvalue weighted by Gasteiger charge is -2.18. The summed E-state index contributed by atoms with van der Waals surface area (Å²) in [6.07, 6.45) is 0. The molecule has 0 aliphatic heterocycles. The number of nitro groups is 1. The van der Waals surface area contributed by atoms with E-state index in [9.17, 15) is 15.4 Å². The van der Waals surface area contributed by atoms with Crippen LogP contribution < -0.4 is 0 Å². The third-order valence-electron chi connectivity index (χ3n) is 3.04. The molecule has 0 aromatic heterocycles. The molecule has 2 aromatic carbocycles. The molecule has 0 N–H and O–H groups in total. The Labute approximate surface area is 138 Å². The van der Waals surface area contributed by atoms with Crippen LogP contribution in [0.4, 0.5) is 5.69 Å². The van der Waals surface area contributed by atoms with Crippen LogP contribution in [0.5, 0.6) is 0 Å². The first-order valence-corrected chi connectivity index (χ1v) is 7.89. The van der Waals surface area contributed by atoms with Crippen molar-refractivity contribution in [2.45, 2.75) is 9.65 Å². The molecule has 2 unspecified atom stereocenters. The van der Waals surface area contributed by atoms with Gasteiger partial charge >= 0.3 is 0 Å². The van der Waals surface area contributed by atoms with Crippen LogP contribution in [-0.4, -0.2) is 4.92 Å². The lowest BCUT2D eigenvalue weighted by Crippen LogP contribution is -2.02. The van der Waals surface area contributed by atoms with Gasteiger partial charge in [0.25, 0.3) is 5.69 Å². The number of non-ortho nitro benzene ring substituents is 1. The molecule has 0 bridgehead atoms. The zero-order valence-electron chi connectivity index (χ0n) is 10.7. The van der Waals surface area contributed by atoms with Gasteiger partial charge in [-0.2, -0.15) is 5.26 Å². The largest absolute Gasteiger partial charge is 0.270 e. The fraction of sp³-hybridized carbons (Fsp3) is 0.133. The molecule has 0 heterocycles. The Kier molecular flexibility index (Phi) is 5.10. The van der Waals surface area contributed by atoms with Crippen molar-refractivity contribution in [1.29, 1.82) is 5.26 Å². The summed E-state index contributed by atoms with van der Waals surface area (Å²) in [4.78, 5) is 10.1. The van der Waals surface area contributed by atoms with Gasteiger partial charge in [0.15, 0.2) is 0 Å². The first-order valence-electron chi connectivity index (χ1n) is 6.06. The summed E-state index contributed by atoms with van der Waals surface area (Å²) in [5.74, 6) is 0. The SMILES string of the molecule is N#Cc1cc([N+](=O)[O-])ccc1C(Br)C(Br)c1ccccc1. The van der Waals surface area contributed by atoms with Gasteiger partial charge in [-0.05, 0) is 17.2 Å². The van der Waals surface area contributed by atoms with E-state index in [2.05, 4.69) is 31.9 Å². The van der Waals surface area contributed by atoms with E-state index >= 15 is 0 Å². The van der Waals surface area contributed by atoms with Crippen molar-refractivity contribution >= 4 is 37.5 Å². The highest BCUT2D eigenvalue weighted by molar-refractivity contribution is 9.12. The molecule has 0 spiro atoms. The Morgan fingerprint density at radius 3 is 2.33 bits per heavy atom. The Hall–Kier alpha value is -1.71. The van der Waals surface area contributed by atoms with Crippen LogP contribution in [0.3, 0.4) is 0 Å². The van der Waals surface area contributed by atoms with Crippen molar-refractivity contribution in [3.05, 3.63) is 75.3 Å². The molecule has 0 saturated heterocycles. The minimum absolute atomic E-state index is 0.0488. The molecule has 21 heavy (non-hydrogen) atoms. The number of nitriles is 1. The Bertz CT molecular complexity index is 699. The Morgan fingerprint density at radius 2 is 1.76 bits per heavy atom. The van der Waals surface area contributed by atoms with Gasteiger partial charge in [0.05, 0.1) is 26.2 Å². The first kappa shape index (κ1) is 15.7. The van der Waals surface area contributed by atoms with Crippen LogP contribution >= 0.6 is 31.9 Å². The topological polar surface area (TPSA) is 66.9 Å². The van der Waals surface area contributed by atoms with Crippen LogP contribution in [0.25, 0.3) is 0 Å². The highest BCUT2D eigenvalue weighted by Crippen LogP contribution is 2.43. The van der Waals surface area contributed by atoms with Gasteiger partial charge < -0.3 is 0 Å². The van der Waals surface area contributed by atoms with E-state index in [0.717, 1.165) is 5.56 Å². The summed E-state index contributed by atoms with van der Waals surface area (Å²) in [6.45, 7) is 0. The first-order chi connectivity index (χ1) is 10.0. The predicted molar refractivity (Wildman–Crippen MR) is 87.6 cm³/mol. The average Bonchev–Trinajstić information content (AvgIpc) is 2.53. The van der Waals surface area contributed by atoms with Crippen LogP contribution in [0.15, 0.2) is 48.5 Å². The molecular formula is C15H10Br2N2O2. The molecule has 0 aliphatic rings. The zero-order chi connectivity index (χ0) is 15.4. The van der Waals surface area contributed by atoms with Crippen LogP contribution in [0, 0.1) is 21.4 Å². The maximum atomic E-state index is 10.8. The van der Waals surface area contributed by atoms with Crippen molar-refractivity contribution in [2.24, 2.45) is 0 Å². The number of halogens is 2. The van der Waals surface area contributed by atoms with E-state index < -0.39 is 4.92 Å². The molecule has 106 valence electrons. The number of hydrogen-bond donors (Lipinski definition) is 0. The lowest BCUT2D eigenvalue weighted by atomic mass is 9.99. The lowest BCUT2D eigenvalue weighted by molar-refractivity contribution is -0.384. The Morgan fingerprint density at radius 1 is 1.10 bits per heavy atom. The maximum absolute atomic E-state index is 10.8. The van der Waals surface area contributed by atoms with Gasteiger partial charge in [0, 0.05) is 12.1 Å². The van der Waals surface area contributed by atoms with Crippen molar-refractivity contribution in [3.63, 3.8) is 0 Å². The van der Waals surface area contributed by atoms with Gasteiger partial charge in [-0.1, -0.05) is 62.2 Å². The maximum Gasteiger partial charge on any atom is 0.270 e. The van der Waals surface area contributed by atoms with Crippen molar-refractivity contribution in [3.8, 4) is 6.07 Å². The minimum atomic E-state index is -0.503. The van der Waals surface area contributed by atoms with Gasteiger partial charge in [0.2, 0.25) is 0 Å². The van der Waals surface area contributed by atoms with E-state index in [1.165, 1.54) is 12.1 Å². The molecule has 0 amide bonds. The number of rotatable bonds is 4. The fourth-order valence-corrected chi connectivity index (χ4v) is 3.25. The highest BCUT2D eigenvalue weighted by Gasteiger charge is 2.23. The summed E-state index contributed by atoms with van der Waals surface area (Å²) < 4.78 is 0. The summed E-state index contributed by atoms with van der Waals surface area (Å²) in [5.41, 5.74) is 1.99. The zero-order valence-corrected chi connectivity index (χ0v) is 13.9. The quantitative estimate of drug-likeness (QED) is 0.403. The number of benzene rings is 2. The van der Waals surface area contributed by atoms with Crippen LogP contribution in [0.2, 0.25) is 0 Å². The second-order valence-electron chi connectivity index (χ2n) is 4.35. The molecule has 6 heteroatoms. The van der Waals surface area contributed by atoms with E-state index in [1.54, 1.807) is 6.07 Å². The molecule has 0 aliphatic carbocycles. The molecule has 2 aromatic rings.